The van der Waals surface area contributed by atoms with E-state index < -0.39 is 10.0 Å². The van der Waals surface area contributed by atoms with Crippen LogP contribution < -0.4 is 5.32 Å². The van der Waals surface area contributed by atoms with Gasteiger partial charge in [0.05, 0.1) is 4.90 Å². The quantitative estimate of drug-likeness (QED) is 0.903. The van der Waals surface area contributed by atoms with Crippen molar-refractivity contribution in [2.45, 2.75) is 30.6 Å². The second kappa shape index (κ2) is 5.92. The highest BCUT2D eigenvalue weighted by Gasteiger charge is 2.25. The third kappa shape index (κ3) is 3.28. The Morgan fingerprint density at radius 2 is 1.79 bits per heavy atom. The molecule has 0 aliphatic heterocycles. The Kier molecular flexibility index (Phi) is 4.47. The number of hydrogen-bond donors (Lipinski definition) is 1. The van der Waals surface area contributed by atoms with Crippen LogP contribution in [0.15, 0.2) is 29.2 Å². The molecule has 4 nitrogen and oxygen atoms in total. The molecule has 1 saturated carbocycles. The monoisotopic (exact) mass is 282 g/mol. The third-order valence-electron chi connectivity index (χ3n) is 3.84. The molecular formula is C14H22N2O2S. The number of nitrogens with zero attached hydrogens (tertiary/aromatic N) is 1. The van der Waals surface area contributed by atoms with Gasteiger partial charge in [0.25, 0.3) is 0 Å². The fourth-order valence-electron chi connectivity index (χ4n) is 2.63. The molecule has 0 atom stereocenters. The zero-order valence-corrected chi connectivity index (χ0v) is 12.4. The first-order chi connectivity index (χ1) is 9.04. The number of sulfonamides is 1. The summed E-state index contributed by atoms with van der Waals surface area (Å²) in [6.45, 7) is 0.635. The van der Waals surface area contributed by atoms with Gasteiger partial charge in [0.15, 0.2) is 0 Å². The molecule has 1 aliphatic carbocycles. The molecule has 0 aromatic heterocycles. The van der Waals surface area contributed by atoms with E-state index in [0.29, 0.717) is 17.4 Å². The summed E-state index contributed by atoms with van der Waals surface area (Å²) in [5.74, 6) is 0.524. The molecule has 1 aromatic carbocycles. The average Bonchev–Trinajstić information content (AvgIpc) is 2.91. The lowest BCUT2D eigenvalue weighted by atomic mass is 10.1. The molecule has 0 unspecified atom stereocenters. The lowest BCUT2D eigenvalue weighted by Gasteiger charge is -2.20. The van der Waals surface area contributed by atoms with Crippen LogP contribution in [-0.2, 0) is 10.0 Å². The molecule has 1 aromatic rings. The molecule has 0 bridgehead atoms. The topological polar surface area (TPSA) is 49.4 Å². The molecule has 106 valence electrons. The Hall–Kier alpha value is -1.07. The Morgan fingerprint density at radius 1 is 1.21 bits per heavy atom. The van der Waals surface area contributed by atoms with E-state index >= 15 is 0 Å². The fourth-order valence-corrected chi connectivity index (χ4v) is 3.88. The summed E-state index contributed by atoms with van der Waals surface area (Å²) in [5, 5.41) is 2.99. The summed E-state index contributed by atoms with van der Waals surface area (Å²) < 4.78 is 26.3. The van der Waals surface area contributed by atoms with E-state index in [4.69, 9.17) is 0 Å². The van der Waals surface area contributed by atoms with E-state index in [1.807, 2.05) is 7.05 Å². The van der Waals surface area contributed by atoms with Gasteiger partial charge in [-0.1, -0.05) is 12.8 Å². The van der Waals surface area contributed by atoms with Crippen molar-refractivity contribution in [3.05, 3.63) is 24.3 Å². The van der Waals surface area contributed by atoms with Crippen molar-refractivity contribution in [2.75, 3.05) is 26.0 Å². The fraction of sp³-hybridized carbons (Fsp3) is 0.571. The zero-order valence-electron chi connectivity index (χ0n) is 11.6. The maximum absolute atomic E-state index is 12.4. The minimum Gasteiger partial charge on any atom is -0.388 e. The van der Waals surface area contributed by atoms with Gasteiger partial charge in [-0.2, -0.15) is 0 Å². The predicted molar refractivity (Wildman–Crippen MR) is 77.8 cm³/mol. The van der Waals surface area contributed by atoms with E-state index in [9.17, 15) is 8.42 Å². The summed E-state index contributed by atoms with van der Waals surface area (Å²) >= 11 is 0. The van der Waals surface area contributed by atoms with E-state index in [0.717, 1.165) is 18.5 Å². The van der Waals surface area contributed by atoms with E-state index in [1.54, 1.807) is 31.3 Å². The van der Waals surface area contributed by atoms with Crippen LogP contribution in [0.25, 0.3) is 0 Å². The van der Waals surface area contributed by atoms with Crippen LogP contribution in [0.4, 0.5) is 5.69 Å². The van der Waals surface area contributed by atoms with Gasteiger partial charge in [-0.3, -0.25) is 0 Å². The van der Waals surface area contributed by atoms with Crippen molar-refractivity contribution < 1.29 is 8.42 Å². The lowest BCUT2D eigenvalue weighted by molar-refractivity contribution is 0.387. The Balaban J connectivity index is 2.10. The number of hydrogen-bond acceptors (Lipinski definition) is 3. The Bertz CT molecular complexity index is 505. The largest absolute Gasteiger partial charge is 0.388 e. The summed E-state index contributed by atoms with van der Waals surface area (Å²) in [7, 11) is 0.150. The molecule has 19 heavy (non-hydrogen) atoms. The highest BCUT2D eigenvalue weighted by Crippen LogP contribution is 2.27. The molecule has 1 aliphatic rings. The molecule has 1 N–H and O–H groups in total. The number of nitrogens with one attached hydrogen (secondary N) is 1. The second-order valence-electron chi connectivity index (χ2n) is 5.21. The van der Waals surface area contributed by atoms with Gasteiger partial charge in [-0.05, 0) is 43.0 Å². The minimum absolute atomic E-state index is 0.368. The van der Waals surface area contributed by atoms with Crippen molar-refractivity contribution in [2.24, 2.45) is 5.92 Å². The lowest BCUT2D eigenvalue weighted by Crippen LogP contribution is -2.31. The summed E-state index contributed by atoms with van der Waals surface area (Å²) in [5.41, 5.74) is 0.914. The second-order valence-corrected chi connectivity index (χ2v) is 7.26. The number of rotatable bonds is 5. The van der Waals surface area contributed by atoms with Crippen molar-refractivity contribution in [1.29, 1.82) is 0 Å². The van der Waals surface area contributed by atoms with Crippen molar-refractivity contribution >= 4 is 15.7 Å². The molecule has 1 fully saturated rings. The zero-order chi connectivity index (χ0) is 13.9. The first kappa shape index (κ1) is 14.3. The SMILES string of the molecule is CNc1ccc(S(=O)(=O)N(C)CC2CCCC2)cc1. The van der Waals surface area contributed by atoms with Gasteiger partial charge in [0.2, 0.25) is 10.0 Å². The molecule has 0 saturated heterocycles. The predicted octanol–water partition coefficient (Wildman–Crippen LogP) is 2.54. The first-order valence-electron chi connectivity index (χ1n) is 6.78. The van der Waals surface area contributed by atoms with Crippen molar-refractivity contribution in [3.63, 3.8) is 0 Å². The maximum Gasteiger partial charge on any atom is 0.242 e. The molecular weight excluding hydrogens is 260 g/mol. The van der Waals surface area contributed by atoms with E-state index in [2.05, 4.69) is 5.32 Å². The van der Waals surface area contributed by atoms with Crippen LogP contribution in [0, 0.1) is 5.92 Å². The van der Waals surface area contributed by atoms with Crippen LogP contribution in [0.5, 0.6) is 0 Å². The van der Waals surface area contributed by atoms with Gasteiger partial charge in [-0.25, -0.2) is 12.7 Å². The van der Waals surface area contributed by atoms with Crippen LogP contribution in [0.1, 0.15) is 25.7 Å². The summed E-state index contributed by atoms with van der Waals surface area (Å²) in [4.78, 5) is 0.368. The van der Waals surface area contributed by atoms with Gasteiger partial charge in [0, 0.05) is 26.3 Å². The first-order valence-corrected chi connectivity index (χ1v) is 8.22. The van der Waals surface area contributed by atoms with E-state index in [-0.39, 0.29) is 0 Å². The van der Waals surface area contributed by atoms with Gasteiger partial charge in [-0.15, -0.1) is 0 Å². The Labute approximate surface area is 115 Å². The van der Waals surface area contributed by atoms with Gasteiger partial charge < -0.3 is 5.32 Å². The van der Waals surface area contributed by atoms with Crippen LogP contribution >= 0.6 is 0 Å². The van der Waals surface area contributed by atoms with Crippen molar-refractivity contribution in [3.8, 4) is 0 Å². The van der Waals surface area contributed by atoms with E-state index in [1.165, 1.54) is 17.1 Å². The maximum atomic E-state index is 12.4. The highest BCUT2D eigenvalue weighted by molar-refractivity contribution is 7.89. The molecule has 0 radical (unpaired) electrons. The van der Waals surface area contributed by atoms with Crippen molar-refractivity contribution in [1.82, 2.24) is 4.31 Å². The molecule has 0 amide bonds. The Morgan fingerprint density at radius 3 is 2.32 bits per heavy atom. The molecule has 5 heteroatoms. The minimum atomic E-state index is -3.35. The third-order valence-corrected chi connectivity index (χ3v) is 5.68. The van der Waals surface area contributed by atoms with Crippen LogP contribution in [-0.4, -0.2) is 33.4 Å². The van der Waals surface area contributed by atoms with Gasteiger partial charge >= 0.3 is 0 Å². The standard InChI is InChI=1S/C14H22N2O2S/c1-15-13-7-9-14(10-8-13)19(17,18)16(2)11-12-5-3-4-6-12/h7-10,12,15H,3-6,11H2,1-2H3. The number of benzene rings is 1. The van der Waals surface area contributed by atoms with Crippen LogP contribution in [0.3, 0.4) is 0 Å². The molecule has 0 spiro atoms. The van der Waals surface area contributed by atoms with Crippen LogP contribution in [0.2, 0.25) is 0 Å². The highest BCUT2D eigenvalue weighted by atomic mass is 32.2. The number of anilines is 1. The smallest absolute Gasteiger partial charge is 0.242 e. The normalized spacial score (nSPS) is 17.0. The summed E-state index contributed by atoms with van der Waals surface area (Å²) in [6.07, 6.45) is 4.77. The average molecular weight is 282 g/mol. The summed E-state index contributed by atoms with van der Waals surface area (Å²) in [6, 6.07) is 6.89. The molecule has 0 heterocycles. The van der Waals surface area contributed by atoms with Gasteiger partial charge in [0.1, 0.15) is 0 Å². The molecule has 2 rings (SSSR count).